The van der Waals surface area contributed by atoms with E-state index in [1.807, 2.05) is 0 Å². The van der Waals surface area contributed by atoms with Gasteiger partial charge in [0.05, 0.1) is 16.3 Å². The summed E-state index contributed by atoms with van der Waals surface area (Å²) >= 11 is 11.1. The fourth-order valence-corrected chi connectivity index (χ4v) is 1.93. The van der Waals surface area contributed by atoms with E-state index in [1.165, 1.54) is 6.07 Å². The Hall–Kier alpha value is -1.13. The van der Waals surface area contributed by atoms with Gasteiger partial charge in [0, 0.05) is 12.4 Å². The summed E-state index contributed by atoms with van der Waals surface area (Å²) in [5.74, 6) is -1.87. The molecule has 3 nitrogen and oxygen atoms in total. The van der Waals surface area contributed by atoms with Crippen LogP contribution in [0.25, 0.3) is 0 Å². The number of nitrogens with zero attached hydrogens (tertiary/aromatic N) is 1. The van der Waals surface area contributed by atoms with Gasteiger partial charge in [0.25, 0.3) is 11.7 Å². The molecule has 0 fully saturated rings. The first-order valence-corrected chi connectivity index (χ1v) is 5.38. The molecule has 0 radical (unpaired) electrons. The molecule has 1 aliphatic rings. The van der Waals surface area contributed by atoms with Gasteiger partial charge in [0.2, 0.25) is 0 Å². The van der Waals surface area contributed by atoms with Crippen LogP contribution in [0.1, 0.15) is 10.4 Å². The van der Waals surface area contributed by atoms with Crippen LogP contribution in [0, 0.1) is 5.82 Å². The zero-order chi connectivity index (χ0) is 11.9. The van der Waals surface area contributed by atoms with Crippen LogP contribution in [0.15, 0.2) is 12.1 Å². The monoisotopic (exact) mass is 261 g/mol. The maximum atomic E-state index is 13.2. The van der Waals surface area contributed by atoms with E-state index < -0.39 is 17.5 Å². The van der Waals surface area contributed by atoms with Crippen LogP contribution in [0.5, 0.6) is 0 Å². The lowest BCUT2D eigenvalue weighted by Gasteiger charge is -2.14. The molecule has 1 aromatic carbocycles. The molecule has 0 N–H and O–H groups in total. The van der Waals surface area contributed by atoms with E-state index in [-0.39, 0.29) is 28.7 Å². The van der Waals surface area contributed by atoms with Crippen molar-refractivity contribution in [1.29, 1.82) is 0 Å². The SMILES string of the molecule is O=C1C(=O)N(CCCl)c2cc(F)c(Cl)cc21. The topological polar surface area (TPSA) is 37.4 Å². The van der Waals surface area contributed by atoms with Gasteiger partial charge >= 0.3 is 0 Å². The van der Waals surface area contributed by atoms with Crippen LogP contribution in [0.3, 0.4) is 0 Å². The molecular formula is C10H6Cl2FNO2. The number of benzene rings is 1. The highest BCUT2D eigenvalue weighted by molar-refractivity contribution is 6.52. The van der Waals surface area contributed by atoms with E-state index in [0.717, 1.165) is 11.0 Å². The molecule has 0 saturated heterocycles. The van der Waals surface area contributed by atoms with Gasteiger partial charge in [0.15, 0.2) is 0 Å². The van der Waals surface area contributed by atoms with Crippen LogP contribution in [-0.4, -0.2) is 24.1 Å². The van der Waals surface area contributed by atoms with Crippen LogP contribution in [0.2, 0.25) is 5.02 Å². The number of hydrogen-bond donors (Lipinski definition) is 0. The van der Waals surface area contributed by atoms with Gasteiger partial charge in [0.1, 0.15) is 5.82 Å². The lowest BCUT2D eigenvalue weighted by molar-refractivity contribution is -0.114. The summed E-state index contributed by atoms with van der Waals surface area (Å²) in [4.78, 5) is 24.2. The molecule has 1 aromatic rings. The summed E-state index contributed by atoms with van der Waals surface area (Å²) in [6.45, 7) is 0.167. The Morgan fingerprint density at radius 1 is 1.31 bits per heavy atom. The first-order chi connectivity index (χ1) is 7.56. The maximum Gasteiger partial charge on any atom is 0.299 e. The Labute approximate surface area is 101 Å². The Balaban J connectivity index is 2.56. The summed E-state index contributed by atoms with van der Waals surface area (Å²) < 4.78 is 13.2. The van der Waals surface area contributed by atoms with Gasteiger partial charge in [-0.1, -0.05) is 11.6 Å². The van der Waals surface area contributed by atoms with Gasteiger partial charge in [-0.25, -0.2) is 4.39 Å². The number of fused-ring (bicyclic) bond motifs is 1. The number of ketones is 1. The average molecular weight is 262 g/mol. The first kappa shape index (κ1) is 11.4. The second kappa shape index (κ2) is 4.03. The minimum absolute atomic E-state index is 0.126. The van der Waals surface area contributed by atoms with E-state index in [1.54, 1.807) is 0 Å². The van der Waals surface area contributed by atoms with Crippen molar-refractivity contribution in [3.8, 4) is 0 Å². The molecular weight excluding hydrogens is 256 g/mol. The Bertz CT molecular complexity index is 490. The third-order valence-corrected chi connectivity index (χ3v) is 2.78. The molecule has 0 saturated carbocycles. The quantitative estimate of drug-likeness (QED) is 0.605. The van der Waals surface area contributed by atoms with E-state index in [0.29, 0.717) is 0 Å². The fraction of sp³-hybridized carbons (Fsp3) is 0.200. The van der Waals surface area contributed by atoms with Gasteiger partial charge < -0.3 is 4.90 Å². The molecule has 1 aliphatic heterocycles. The third-order valence-electron chi connectivity index (χ3n) is 2.32. The van der Waals surface area contributed by atoms with Crippen LogP contribution >= 0.6 is 23.2 Å². The minimum Gasteiger partial charge on any atom is -0.303 e. The number of alkyl halides is 1. The summed E-state index contributed by atoms with van der Waals surface area (Å²) in [5.41, 5.74) is 0.360. The number of halogens is 3. The summed E-state index contributed by atoms with van der Waals surface area (Å²) in [5, 5.41) is -0.173. The predicted molar refractivity (Wildman–Crippen MR) is 58.8 cm³/mol. The molecule has 1 amide bonds. The zero-order valence-electron chi connectivity index (χ0n) is 7.97. The van der Waals surface area contributed by atoms with E-state index in [9.17, 15) is 14.0 Å². The van der Waals surface area contributed by atoms with Crippen LogP contribution < -0.4 is 4.90 Å². The summed E-state index contributed by atoms with van der Waals surface area (Å²) in [6.07, 6.45) is 0. The molecule has 6 heteroatoms. The third kappa shape index (κ3) is 1.58. The number of carbonyl (C=O) groups excluding carboxylic acids is 2. The molecule has 2 rings (SSSR count). The van der Waals surface area contributed by atoms with Crippen LogP contribution in [-0.2, 0) is 4.79 Å². The van der Waals surface area contributed by atoms with Crippen molar-refractivity contribution in [1.82, 2.24) is 0 Å². The smallest absolute Gasteiger partial charge is 0.299 e. The predicted octanol–water partition coefficient (Wildman–Crippen LogP) is 2.25. The molecule has 0 bridgehead atoms. The molecule has 0 atom stereocenters. The van der Waals surface area contributed by atoms with Crippen molar-refractivity contribution >= 4 is 40.6 Å². The lowest BCUT2D eigenvalue weighted by Crippen LogP contribution is -2.31. The maximum absolute atomic E-state index is 13.2. The molecule has 0 spiro atoms. The van der Waals surface area contributed by atoms with Crippen molar-refractivity contribution in [2.75, 3.05) is 17.3 Å². The molecule has 1 heterocycles. The Morgan fingerprint density at radius 3 is 2.62 bits per heavy atom. The molecule has 0 unspecified atom stereocenters. The second-order valence-corrected chi connectivity index (χ2v) is 4.04. The van der Waals surface area contributed by atoms with Gasteiger partial charge in [-0.05, 0) is 12.1 Å². The molecule has 0 aliphatic carbocycles. The fourth-order valence-electron chi connectivity index (χ4n) is 1.60. The Morgan fingerprint density at radius 2 is 2.00 bits per heavy atom. The van der Waals surface area contributed by atoms with Crippen molar-refractivity contribution in [2.45, 2.75) is 0 Å². The molecule has 84 valence electrons. The summed E-state index contributed by atoms with van der Waals surface area (Å²) in [7, 11) is 0. The largest absolute Gasteiger partial charge is 0.303 e. The standard InChI is InChI=1S/C10H6Cl2FNO2/c11-1-2-14-8-4-7(13)6(12)3-5(8)9(15)10(14)16/h3-4H,1-2H2. The van der Waals surface area contributed by atoms with Crippen molar-refractivity contribution in [3.05, 3.63) is 28.5 Å². The van der Waals surface area contributed by atoms with Crippen molar-refractivity contribution in [3.63, 3.8) is 0 Å². The molecule has 0 aromatic heterocycles. The van der Waals surface area contributed by atoms with Gasteiger partial charge in [-0.15, -0.1) is 11.6 Å². The van der Waals surface area contributed by atoms with Crippen LogP contribution in [0.4, 0.5) is 10.1 Å². The highest BCUT2D eigenvalue weighted by atomic mass is 35.5. The number of Topliss-reactive ketones (excluding diaryl/α,β-unsaturated/α-hetero) is 1. The molecule has 16 heavy (non-hydrogen) atoms. The first-order valence-electron chi connectivity index (χ1n) is 4.47. The zero-order valence-corrected chi connectivity index (χ0v) is 9.48. The van der Waals surface area contributed by atoms with Crippen molar-refractivity contribution < 1.29 is 14.0 Å². The average Bonchev–Trinajstić information content (AvgIpc) is 2.46. The van der Waals surface area contributed by atoms with E-state index in [4.69, 9.17) is 23.2 Å². The van der Waals surface area contributed by atoms with E-state index in [2.05, 4.69) is 0 Å². The number of amides is 1. The highest BCUT2D eigenvalue weighted by Gasteiger charge is 2.36. The number of hydrogen-bond acceptors (Lipinski definition) is 2. The number of rotatable bonds is 2. The van der Waals surface area contributed by atoms with E-state index >= 15 is 0 Å². The normalized spacial score (nSPS) is 14.6. The number of anilines is 1. The summed E-state index contributed by atoms with van der Waals surface area (Å²) in [6, 6.07) is 2.24. The van der Waals surface area contributed by atoms with Gasteiger partial charge in [-0.2, -0.15) is 0 Å². The Kier molecular flexibility index (Phi) is 2.86. The van der Waals surface area contributed by atoms with Gasteiger partial charge in [-0.3, -0.25) is 9.59 Å². The second-order valence-electron chi connectivity index (χ2n) is 3.26. The minimum atomic E-state index is -0.697. The lowest BCUT2D eigenvalue weighted by atomic mass is 10.1. The number of carbonyl (C=O) groups is 2. The van der Waals surface area contributed by atoms with Crippen molar-refractivity contribution in [2.24, 2.45) is 0 Å². The highest BCUT2D eigenvalue weighted by Crippen LogP contribution is 2.32.